The van der Waals surface area contributed by atoms with Crippen molar-refractivity contribution >= 4 is 48.5 Å². The van der Waals surface area contributed by atoms with Crippen molar-refractivity contribution in [3.05, 3.63) is 169 Å². The van der Waals surface area contributed by atoms with Gasteiger partial charge in [0.15, 0.2) is 17.5 Å². The normalized spacial score (nSPS) is 14.6. The van der Waals surface area contributed by atoms with Crippen LogP contribution in [0.25, 0.3) is 71.0 Å². The molecule has 52 heavy (non-hydrogen) atoms. The highest BCUT2D eigenvalue weighted by Gasteiger charge is 2.37. The van der Waals surface area contributed by atoms with Crippen molar-refractivity contribution in [3.8, 4) is 51.4 Å². The van der Waals surface area contributed by atoms with E-state index in [1.807, 2.05) is 96.3 Å². The molecule has 8 aromatic rings. The molecule has 0 fully saturated rings. The monoisotopic (exact) mass is 683 g/mol. The Morgan fingerprint density at radius 3 is 1.98 bits per heavy atom. The molecule has 1 unspecified atom stereocenters. The summed E-state index contributed by atoms with van der Waals surface area (Å²) in [5.74, 6) is 1.84. The molecule has 2 aliphatic rings. The first kappa shape index (κ1) is 30.2. The SMILES string of the molecule is N#Cc1ccc(-c2cc(-c3nc(-c4ccccc4)nc(-c4ccccc4)n3)cc(N3c4ccc5c(sc6ccccc65)c4C4=CC=CCC43)c2)cc1. The third-order valence-corrected chi connectivity index (χ3v) is 11.2. The number of nitrogens with zero attached hydrogens (tertiary/aromatic N) is 5. The Bertz CT molecular complexity index is 2720. The second-order valence-electron chi connectivity index (χ2n) is 13.1. The fourth-order valence-corrected chi connectivity index (χ4v) is 8.84. The molecule has 1 atom stereocenters. The maximum absolute atomic E-state index is 9.55. The third kappa shape index (κ3) is 5.02. The van der Waals surface area contributed by atoms with Crippen molar-refractivity contribution in [2.24, 2.45) is 0 Å². The van der Waals surface area contributed by atoms with E-state index in [9.17, 15) is 5.26 Å². The number of anilines is 2. The molecule has 3 heterocycles. The quantitative estimate of drug-likeness (QED) is 0.181. The van der Waals surface area contributed by atoms with Crippen LogP contribution in [-0.2, 0) is 0 Å². The molecule has 0 bridgehead atoms. The highest BCUT2D eigenvalue weighted by Crippen LogP contribution is 2.53. The number of rotatable bonds is 5. The minimum Gasteiger partial charge on any atom is -0.333 e. The Morgan fingerprint density at radius 1 is 0.615 bits per heavy atom. The molecule has 6 heteroatoms. The van der Waals surface area contributed by atoms with Gasteiger partial charge in [-0.1, -0.05) is 115 Å². The average molecular weight is 684 g/mol. The van der Waals surface area contributed by atoms with Crippen LogP contribution in [0.4, 0.5) is 11.4 Å². The molecular formula is C46H29N5S. The summed E-state index contributed by atoms with van der Waals surface area (Å²) >= 11 is 1.88. The summed E-state index contributed by atoms with van der Waals surface area (Å²) in [7, 11) is 0. The van der Waals surface area contributed by atoms with Gasteiger partial charge in [-0.2, -0.15) is 5.26 Å². The molecule has 0 spiro atoms. The number of allylic oxidation sites excluding steroid dienone is 2. The third-order valence-electron chi connectivity index (χ3n) is 10.0. The lowest BCUT2D eigenvalue weighted by molar-refractivity contribution is 0.829. The number of fused-ring (bicyclic) bond motifs is 7. The van der Waals surface area contributed by atoms with Gasteiger partial charge < -0.3 is 4.90 Å². The summed E-state index contributed by atoms with van der Waals surface area (Å²) in [6, 6.07) is 50.3. The predicted octanol–water partition coefficient (Wildman–Crippen LogP) is 11.6. The Hall–Kier alpha value is -6.68. The second-order valence-corrected chi connectivity index (χ2v) is 14.2. The van der Waals surface area contributed by atoms with E-state index in [2.05, 4.69) is 83.8 Å². The van der Waals surface area contributed by atoms with Crippen LogP contribution < -0.4 is 4.90 Å². The second kappa shape index (κ2) is 12.3. The topological polar surface area (TPSA) is 65.7 Å². The van der Waals surface area contributed by atoms with Gasteiger partial charge in [0.2, 0.25) is 0 Å². The molecular weight excluding hydrogens is 655 g/mol. The van der Waals surface area contributed by atoms with E-state index in [4.69, 9.17) is 15.0 Å². The largest absolute Gasteiger partial charge is 0.333 e. The summed E-state index contributed by atoms with van der Waals surface area (Å²) in [4.78, 5) is 17.7. The zero-order chi connectivity index (χ0) is 34.6. The number of hydrogen-bond donors (Lipinski definition) is 0. The zero-order valence-corrected chi connectivity index (χ0v) is 28.8. The van der Waals surface area contributed by atoms with Gasteiger partial charge in [0.1, 0.15) is 0 Å². The molecule has 5 nitrogen and oxygen atoms in total. The lowest BCUT2D eigenvalue weighted by atomic mass is 9.94. The molecule has 10 rings (SSSR count). The molecule has 0 radical (unpaired) electrons. The summed E-state index contributed by atoms with van der Waals surface area (Å²) in [5.41, 5.74) is 10.3. The van der Waals surface area contributed by atoms with Crippen molar-refractivity contribution in [2.45, 2.75) is 12.5 Å². The van der Waals surface area contributed by atoms with Crippen LogP contribution in [0.1, 0.15) is 17.5 Å². The fourth-order valence-electron chi connectivity index (χ4n) is 7.58. The molecule has 0 amide bonds. The molecule has 0 saturated carbocycles. The van der Waals surface area contributed by atoms with Crippen LogP contribution >= 0.6 is 11.3 Å². The Kier molecular flexibility index (Phi) is 7.12. The van der Waals surface area contributed by atoms with E-state index >= 15 is 0 Å². The van der Waals surface area contributed by atoms with Crippen LogP contribution in [-0.4, -0.2) is 21.0 Å². The van der Waals surface area contributed by atoms with Gasteiger partial charge in [-0.3, -0.25) is 0 Å². The first-order chi connectivity index (χ1) is 25.7. The molecule has 1 aliphatic carbocycles. The summed E-state index contributed by atoms with van der Waals surface area (Å²) in [6.45, 7) is 0. The van der Waals surface area contributed by atoms with Gasteiger partial charge in [-0.25, -0.2) is 15.0 Å². The molecule has 244 valence electrons. The molecule has 0 N–H and O–H groups in total. The highest BCUT2D eigenvalue weighted by molar-refractivity contribution is 7.26. The number of nitriles is 1. The van der Waals surface area contributed by atoms with Crippen molar-refractivity contribution in [2.75, 3.05) is 4.90 Å². The number of benzene rings is 6. The van der Waals surface area contributed by atoms with Crippen molar-refractivity contribution < 1.29 is 0 Å². The molecule has 1 aliphatic heterocycles. The van der Waals surface area contributed by atoms with Gasteiger partial charge in [-0.05, 0) is 65.6 Å². The first-order valence-corrected chi connectivity index (χ1v) is 18.2. The standard InChI is InChI=1S/C46H29N5S/c47-28-29-19-21-30(22-20-29)33-25-34(46-49-44(31-11-3-1-4-12-31)48-45(50-46)32-13-5-2-6-14-32)27-35(26-33)51-39-17-9-7-16-38(39)42-40(51)24-23-37-36-15-8-10-18-41(36)52-43(37)42/h1-16,18-27,39H,17H2. The van der Waals surface area contributed by atoms with E-state index < -0.39 is 0 Å². The van der Waals surface area contributed by atoms with Gasteiger partial charge in [0.05, 0.1) is 23.4 Å². The summed E-state index contributed by atoms with van der Waals surface area (Å²) < 4.78 is 2.63. The number of aromatic nitrogens is 3. The van der Waals surface area contributed by atoms with Crippen LogP contribution in [0.5, 0.6) is 0 Å². The van der Waals surface area contributed by atoms with E-state index in [-0.39, 0.29) is 6.04 Å². The summed E-state index contributed by atoms with van der Waals surface area (Å²) in [5, 5.41) is 12.2. The number of hydrogen-bond acceptors (Lipinski definition) is 6. The van der Waals surface area contributed by atoms with E-state index in [0.717, 1.165) is 39.9 Å². The predicted molar refractivity (Wildman–Crippen MR) is 213 cm³/mol. The smallest absolute Gasteiger partial charge is 0.164 e. The average Bonchev–Trinajstić information content (AvgIpc) is 3.77. The van der Waals surface area contributed by atoms with Gasteiger partial charge in [0, 0.05) is 48.1 Å². The van der Waals surface area contributed by atoms with Crippen molar-refractivity contribution in [1.82, 2.24) is 15.0 Å². The Balaban J connectivity index is 1.21. The van der Waals surface area contributed by atoms with Crippen molar-refractivity contribution in [3.63, 3.8) is 0 Å². The van der Waals surface area contributed by atoms with Crippen LogP contribution in [0.3, 0.4) is 0 Å². The number of thiophene rings is 1. The van der Waals surface area contributed by atoms with Gasteiger partial charge in [-0.15, -0.1) is 11.3 Å². The molecule has 6 aromatic carbocycles. The van der Waals surface area contributed by atoms with E-state index in [1.54, 1.807) is 0 Å². The van der Waals surface area contributed by atoms with Gasteiger partial charge >= 0.3 is 0 Å². The molecule has 2 aromatic heterocycles. The fraction of sp³-hybridized carbons (Fsp3) is 0.0435. The maximum Gasteiger partial charge on any atom is 0.164 e. The van der Waals surface area contributed by atoms with E-state index in [1.165, 1.54) is 37.0 Å². The Labute approximate surface area is 305 Å². The minimum absolute atomic E-state index is 0.137. The van der Waals surface area contributed by atoms with Crippen LogP contribution in [0.15, 0.2) is 158 Å². The lowest BCUT2D eigenvalue weighted by Crippen LogP contribution is -2.27. The Morgan fingerprint density at radius 2 is 1.27 bits per heavy atom. The van der Waals surface area contributed by atoms with Crippen LogP contribution in [0, 0.1) is 11.3 Å². The first-order valence-electron chi connectivity index (χ1n) is 17.4. The van der Waals surface area contributed by atoms with Crippen molar-refractivity contribution in [1.29, 1.82) is 5.26 Å². The van der Waals surface area contributed by atoms with Crippen LogP contribution in [0.2, 0.25) is 0 Å². The van der Waals surface area contributed by atoms with E-state index in [0.29, 0.717) is 23.0 Å². The molecule has 0 saturated heterocycles. The minimum atomic E-state index is 0.137. The zero-order valence-electron chi connectivity index (χ0n) is 27.9. The maximum atomic E-state index is 9.55. The summed E-state index contributed by atoms with van der Waals surface area (Å²) in [6.07, 6.45) is 7.66. The lowest BCUT2D eigenvalue weighted by Gasteiger charge is -2.29. The highest BCUT2D eigenvalue weighted by atomic mass is 32.1. The van der Waals surface area contributed by atoms with Gasteiger partial charge in [0.25, 0.3) is 0 Å².